The van der Waals surface area contributed by atoms with Gasteiger partial charge in [-0.05, 0) is 31.5 Å². The van der Waals surface area contributed by atoms with Gasteiger partial charge < -0.3 is 15.1 Å². The number of amides is 2. The number of carbonyl (C=O) groups excluding carboxylic acids is 1. The number of nitrogens with one attached hydrogen (secondary N) is 2. The van der Waals surface area contributed by atoms with E-state index >= 15 is 0 Å². The van der Waals surface area contributed by atoms with Gasteiger partial charge in [0.05, 0.1) is 6.54 Å². The average molecular weight is 308 g/mol. The maximum absolute atomic E-state index is 11.5. The second-order valence-electron chi connectivity index (χ2n) is 4.64. The Kier molecular flexibility index (Phi) is 5.22. The van der Waals surface area contributed by atoms with E-state index in [4.69, 9.17) is 16.0 Å². The van der Waals surface area contributed by atoms with Crippen molar-refractivity contribution < 1.29 is 9.21 Å². The first-order valence-electron chi connectivity index (χ1n) is 6.84. The predicted molar refractivity (Wildman–Crippen MR) is 82.2 cm³/mol. The molecule has 0 unspecified atom stereocenters. The molecule has 0 saturated carbocycles. The number of benzene rings is 1. The molecule has 2 N–H and O–H groups in total. The van der Waals surface area contributed by atoms with E-state index in [9.17, 15) is 4.79 Å². The second kappa shape index (κ2) is 7.13. The number of hydrogen-bond donors (Lipinski definition) is 2. The van der Waals surface area contributed by atoms with Gasteiger partial charge in [0.15, 0.2) is 0 Å². The number of nitrogens with zero attached hydrogens (tertiary/aromatic N) is 1. The Morgan fingerprint density at radius 1 is 1.38 bits per heavy atom. The van der Waals surface area contributed by atoms with Crippen LogP contribution in [0.2, 0.25) is 5.02 Å². The lowest BCUT2D eigenvalue weighted by Gasteiger charge is -2.04. The summed E-state index contributed by atoms with van der Waals surface area (Å²) in [5, 5.41) is 6.12. The van der Waals surface area contributed by atoms with E-state index in [0.717, 1.165) is 12.0 Å². The molecular formula is C15H18ClN3O2. The number of aryl methyl sites for hydroxylation is 1. The number of urea groups is 1. The molecule has 1 aromatic heterocycles. The van der Waals surface area contributed by atoms with Crippen LogP contribution in [0.3, 0.4) is 0 Å². The molecule has 1 heterocycles. The molecule has 5 nitrogen and oxygen atoms in total. The Morgan fingerprint density at radius 2 is 2.19 bits per heavy atom. The zero-order chi connectivity index (χ0) is 15.2. The minimum absolute atomic E-state index is 0.205. The van der Waals surface area contributed by atoms with E-state index in [1.54, 1.807) is 12.1 Å². The van der Waals surface area contributed by atoms with Crippen LogP contribution in [0.4, 0.5) is 4.79 Å². The highest BCUT2D eigenvalue weighted by atomic mass is 35.5. The van der Waals surface area contributed by atoms with Gasteiger partial charge in [-0.3, -0.25) is 0 Å². The molecule has 0 fully saturated rings. The highest BCUT2D eigenvalue weighted by Gasteiger charge is 2.12. The Balaban J connectivity index is 2.04. The summed E-state index contributed by atoms with van der Waals surface area (Å²) in [4.78, 5) is 15.9. The van der Waals surface area contributed by atoms with Crippen molar-refractivity contribution in [2.45, 2.75) is 26.8 Å². The molecule has 1 aromatic carbocycles. The summed E-state index contributed by atoms with van der Waals surface area (Å²) in [6.07, 6.45) is 0.898. The van der Waals surface area contributed by atoms with Crippen molar-refractivity contribution in [3.8, 4) is 11.5 Å². The van der Waals surface area contributed by atoms with Crippen LogP contribution < -0.4 is 10.6 Å². The maximum atomic E-state index is 11.5. The van der Waals surface area contributed by atoms with Gasteiger partial charge in [-0.15, -0.1) is 0 Å². The van der Waals surface area contributed by atoms with Gasteiger partial charge in [-0.25, -0.2) is 9.78 Å². The molecule has 2 amide bonds. The monoisotopic (exact) mass is 307 g/mol. The SMILES string of the molecule is CCCNC(=O)NCc1nc(-c2cccc(Cl)c2)oc1C. The average Bonchev–Trinajstić information content (AvgIpc) is 2.84. The lowest BCUT2D eigenvalue weighted by atomic mass is 10.2. The van der Waals surface area contributed by atoms with Crippen molar-refractivity contribution in [3.05, 3.63) is 40.7 Å². The summed E-state index contributed by atoms with van der Waals surface area (Å²) >= 11 is 5.96. The van der Waals surface area contributed by atoms with E-state index in [1.165, 1.54) is 0 Å². The highest BCUT2D eigenvalue weighted by molar-refractivity contribution is 6.30. The molecule has 21 heavy (non-hydrogen) atoms. The Bertz CT molecular complexity index is 625. The Morgan fingerprint density at radius 3 is 2.90 bits per heavy atom. The zero-order valence-corrected chi connectivity index (χ0v) is 12.8. The highest BCUT2D eigenvalue weighted by Crippen LogP contribution is 2.24. The molecule has 6 heteroatoms. The molecule has 0 aliphatic carbocycles. The minimum atomic E-state index is -0.205. The van der Waals surface area contributed by atoms with Crippen molar-refractivity contribution in [1.82, 2.24) is 15.6 Å². The van der Waals surface area contributed by atoms with Crippen LogP contribution in [0.15, 0.2) is 28.7 Å². The molecule has 2 aromatic rings. The zero-order valence-electron chi connectivity index (χ0n) is 12.1. The standard InChI is InChI=1S/C15H18ClN3O2/c1-3-7-17-15(20)18-9-13-10(2)21-14(19-13)11-5-4-6-12(16)8-11/h4-6,8H,3,7,9H2,1-2H3,(H2,17,18,20). The van der Waals surface area contributed by atoms with Crippen molar-refractivity contribution >= 4 is 17.6 Å². The predicted octanol–water partition coefficient (Wildman–Crippen LogP) is 3.51. The van der Waals surface area contributed by atoms with Crippen LogP contribution in [0.1, 0.15) is 24.8 Å². The number of aromatic nitrogens is 1. The van der Waals surface area contributed by atoms with Crippen molar-refractivity contribution in [1.29, 1.82) is 0 Å². The second-order valence-corrected chi connectivity index (χ2v) is 5.08. The fraction of sp³-hybridized carbons (Fsp3) is 0.333. The quantitative estimate of drug-likeness (QED) is 0.888. The summed E-state index contributed by atoms with van der Waals surface area (Å²) in [7, 11) is 0. The van der Waals surface area contributed by atoms with E-state index in [0.29, 0.717) is 35.5 Å². The van der Waals surface area contributed by atoms with Crippen LogP contribution in [0, 0.1) is 6.92 Å². The van der Waals surface area contributed by atoms with Crippen LogP contribution >= 0.6 is 11.6 Å². The lowest BCUT2D eigenvalue weighted by molar-refractivity contribution is 0.240. The van der Waals surface area contributed by atoms with Crippen LogP contribution in [0.5, 0.6) is 0 Å². The topological polar surface area (TPSA) is 67.2 Å². The first-order valence-corrected chi connectivity index (χ1v) is 7.22. The van der Waals surface area contributed by atoms with Gasteiger partial charge in [-0.1, -0.05) is 24.6 Å². The van der Waals surface area contributed by atoms with Crippen molar-refractivity contribution in [3.63, 3.8) is 0 Å². The van der Waals surface area contributed by atoms with E-state index in [2.05, 4.69) is 15.6 Å². The third kappa shape index (κ3) is 4.23. The van der Waals surface area contributed by atoms with Crippen molar-refractivity contribution in [2.75, 3.05) is 6.54 Å². The van der Waals surface area contributed by atoms with Crippen LogP contribution in [0.25, 0.3) is 11.5 Å². The summed E-state index contributed by atoms with van der Waals surface area (Å²) in [5.74, 6) is 1.18. The fourth-order valence-corrected chi connectivity index (χ4v) is 1.99. The van der Waals surface area contributed by atoms with Gasteiger partial charge in [0.2, 0.25) is 5.89 Å². The van der Waals surface area contributed by atoms with Gasteiger partial charge in [0.1, 0.15) is 11.5 Å². The molecule has 0 saturated heterocycles. The smallest absolute Gasteiger partial charge is 0.315 e. The number of rotatable bonds is 5. The van der Waals surface area contributed by atoms with Gasteiger partial charge in [0, 0.05) is 17.1 Å². The Hall–Kier alpha value is -2.01. The molecule has 0 bridgehead atoms. The number of oxazole rings is 1. The van der Waals surface area contributed by atoms with E-state index in [-0.39, 0.29) is 6.03 Å². The normalized spacial score (nSPS) is 10.4. The molecule has 0 aliphatic heterocycles. The Labute approximate surface area is 128 Å². The molecule has 0 radical (unpaired) electrons. The molecular weight excluding hydrogens is 290 g/mol. The van der Waals surface area contributed by atoms with Crippen molar-refractivity contribution in [2.24, 2.45) is 0 Å². The van der Waals surface area contributed by atoms with Gasteiger partial charge in [0.25, 0.3) is 0 Å². The molecule has 0 spiro atoms. The van der Waals surface area contributed by atoms with E-state index < -0.39 is 0 Å². The lowest BCUT2D eigenvalue weighted by Crippen LogP contribution is -2.35. The maximum Gasteiger partial charge on any atom is 0.315 e. The first-order chi connectivity index (χ1) is 10.1. The number of hydrogen-bond acceptors (Lipinski definition) is 3. The molecule has 0 aliphatic rings. The summed E-state index contributed by atoms with van der Waals surface area (Å²) in [6, 6.07) is 7.10. The largest absolute Gasteiger partial charge is 0.441 e. The summed E-state index contributed by atoms with van der Waals surface area (Å²) < 4.78 is 5.63. The molecule has 0 atom stereocenters. The van der Waals surface area contributed by atoms with Crippen LogP contribution in [-0.4, -0.2) is 17.6 Å². The molecule has 2 rings (SSSR count). The fourth-order valence-electron chi connectivity index (χ4n) is 1.80. The number of carbonyl (C=O) groups is 1. The number of halogens is 1. The summed E-state index contributed by atoms with van der Waals surface area (Å²) in [6.45, 7) is 4.80. The van der Waals surface area contributed by atoms with Gasteiger partial charge >= 0.3 is 6.03 Å². The summed E-state index contributed by atoms with van der Waals surface area (Å²) in [5.41, 5.74) is 1.52. The van der Waals surface area contributed by atoms with Crippen LogP contribution in [-0.2, 0) is 6.54 Å². The first kappa shape index (κ1) is 15.4. The van der Waals surface area contributed by atoms with E-state index in [1.807, 2.05) is 26.0 Å². The minimum Gasteiger partial charge on any atom is -0.441 e. The van der Waals surface area contributed by atoms with Gasteiger partial charge in [-0.2, -0.15) is 0 Å². The third-order valence-corrected chi connectivity index (χ3v) is 3.15. The molecule has 112 valence electrons. The third-order valence-electron chi connectivity index (χ3n) is 2.92.